The van der Waals surface area contributed by atoms with Gasteiger partial charge in [0.15, 0.2) is 0 Å². The van der Waals surface area contributed by atoms with Crippen LogP contribution < -0.4 is 0 Å². The van der Waals surface area contributed by atoms with Crippen molar-refractivity contribution in [3.63, 3.8) is 0 Å². The van der Waals surface area contributed by atoms with Gasteiger partial charge >= 0.3 is 12.1 Å². The Bertz CT molecular complexity index is 667. The summed E-state index contributed by atoms with van der Waals surface area (Å²) in [5, 5.41) is 0. The molecule has 0 aromatic rings. The number of amides is 6. The summed E-state index contributed by atoms with van der Waals surface area (Å²) in [6, 6.07) is -0.943. The summed E-state index contributed by atoms with van der Waals surface area (Å²) in [6.07, 6.45) is -0.233. The van der Waals surface area contributed by atoms with Gasteiger partial charge in [-0.3, -0.25) is 29.2 Å². The van der Waals surface area contributed by atoms with Gasteiger partial charge in [0, 0.05) is 0 Å². The van der Waals surface area contributed by atoms with Crippen LogP contribution in [0.2, 0.25) is 0 Å². The van der Waals surface area contributed by atoms with E-state index in [1.165, 1.54) is 19.6 Å². The fourth-order valence-electron chi connectivity index (χ4n) is 3.53. The van der Waals surface area contributed by atoms with E-state index in [0.717, 1.165) is 0 Å². The monoisotopic (exact) mass is 380 g/mol. The molecule has 4 aliphatic heterocycles. The van der Waals surface area contributed by atoms with Crippen molar-refractivity contribution in [1.29, 1.82) is 0 Å². The molecule has 10 nitrogen and oxygen atoms in total. The number of rotatable bonds is 6. The first-order valence-corrected chi connectivity index (χ1v) is 9.05. The predicted octanol–water partition coefficient (Wildman–Crippen LogP) is -0.173. The minimum absolute atomic E-state index is 0.117. The van der Waals surface area contributed by atoms with E-state index in [2.05, 4.69) is 0 Å². The lowest BCUT2D eigenvalue weighted by atomic mass is 10.0. The summed E-state index contributed by atoms with van der Waals surface area (Å²) in [6.45, 7) is 7.91. The molecule has 148 valence electrons. The fraction of sp³-hybridized carbons (Fsp3) is 0.765. The number of ether oxygens (including phenoxy) is 2. The normalized spacial score (nSPS) is 31.4. The van der Waals surface area contributed by atoms with Crippen molar-refractivity contribution < 1.29 is 28.7 Å². The van der Waals surface area contributed by atoms with Crippen LogP contribution in [0.4, 0.5) is 9.59 Å². The van der Waals surface area contributed by atoms with Gasteiger partial charge in [-0.15, -0.1) is 0 Å². The van der Waals surface area contributed by atoms with Gasteiger partial charge in [0.25, 0.3) is 11.8 Å². The molecule has 2 atom stereocenters. The highest BCUT2D eigenvalue weighted by atomic mass is 16.6. The summed E-state index contributed by atoms with van der Waals surface area (Å²) >= 11 is 0. The van der Waals surface area contributed by atoms with Crippen molar-refractivity contribution in [3.8, 4) is 0 Å². The van der Waals surface area contributed by atoms with Crippen LogP contribution >= 0.6 is 0 Å². The van der Waals surface area contributed by atoms with E-state index in [1.807, 2.05) is 0 Å². The number of nitrogens with zero attached hydrogens (tertiary/aromatic N) is 4. The van der Waals surface area contributed by atoms with E-state index in [1.54, 1.807) is 27.7 Å². The molecule has 0 aromatic heterocycles. The molecule has 10 heteroatoms. The zero-order valence-corrected chi connectivity index (χ0v) is 15.9. The second-order valence-corrected chi connectivity index (χ2v) is 8.42. The molecule has 0 N–H and O–H groups in total. The molecule has 4 fully saturated rings. The zero-order valence-electron chi connectivity index (χ0n) is 15.9. The molecule has 4 saturated heterocycles. The fourth-order valence-corrected chi connectivity index (χ4v) is 3.53. The summed E-state index contributed by atoms with van der Waals surface area (Å²) in [4.78, 5) is 56.2. The number of carbonyl (C=O) groups is 4. The SMILES string of the molecule is CC1(C)C(=O)N(C[C@H]2CO2)C(=O)N1CN1C(=O)N(C[C@H]2CO2)C(=O)C1(C)C. The number of epoxide rings is 2. The molecule has 4 rings (SSSR count). The van der Waals surface area contributed by atoms with Crippen LogP contribution in [0.3, 0.4) is 0 Å². The number of hydrogen-bond donors (Lipinski definition) is 0. The number of carbonyl (C=O) groups excluding carboxylic acids is 4. The van der Waals surface area contributed by atoms with Crippen molar-refractivity contribution in [2.24, 2.45) is 0 Å². The Morgan fingerprint density at radius 3 is 1.41 bits per heavy atom. The van der Waals surface area contributed by atoms with Crippen LogP contribution in [0, 0.1) is 0 Å². The average molecular weight is 380 g/mol. The Balaban J connectivity index is 1.56. The summed E-state index contributed by atoms with van der Waals surface area (Å²) in [5.41, 5.74) is -2.23. The third kappa shape index (κ3) is 2.78. The molecule has 6 amide bonds. The van der Waals surface area contributed by atoms with Crippen LogP contribution in [0.5, 0.6) is 0 Å². The predicted molar refractivity (Wildman–Crippen MR) is 90.4 cm³/mol. The van der Waals surface area contributed by atoms with E-state index in [-0.39, 0.29) is 43.8 Å². The topological polar surface area (TPSA) is 106 Å². The largest absolute Gasteiger partial charge is 0.371 e. The van der Waals surface area contributed by atoms with E-state index < -0.39 is 23.1 Å². The average Bonchev–Trinajstić information content (AvgIpc) is 3.49. The molecular formula is C17H24N4O6. The van der Waals surface area contributed by atoms with Crippen LogP contribution in [0.25, 0.3) is 0 Å². The smallest absolute Gasteiger partial charge is 0.329 e. The molecule has 0 bridgehead atoms. The van der Waals surface area contributed by atoms with Crippen molar-refractivity contribution in [2.45, 2.75) is 51.0 Å². The molecule has 0 spiro atoms. The quantitative estimate of drug-likeness (QED) is 0.468. The maximum absolute atomic E-state index is 12.9. The third-order valence-electron chi connectivity index (χ3n) is 5.67. The highest BCUT2D eigenvalue weighted by molar-refractivity contribution is 6.08. The maximum Gasteiger partial charge on any atom is 0.329 e. The summed E-state index contributed by atoms with van der Waals surface area (Å²) in [7, 11) is 0. The first-order valence-electron chi connectivity index (χ1n) is 9.05. The molecule has 0 saturated carbocycles. The van der Waals surface area contributed by atoms with Gasteiger partial charge in [0.05, 0.1) is 38.5 Å². The van der Waals surface area contributed by atoms with Crippen LogP contribution in [0.1, 0.15) is 27.7 Å². The van der Waals surface area contributed by atoms with Crippen LogP contribution in [0.15, 0.2) is 0 Å². The Morgan fingerprint density at radius 2 is 1.11 bits per heavy atom. The molecule has 4 aliphatic rings. The Hall–Kier alpha value is -2.20. The first-order chi connectivity index (χ1) is 12.5. The second kappa shape index (κ2) is 5.65. The van der Waals surface area contributed by atoms with Crippen molar-refractivity contribution >= 4 is 23.9 Å². The van der Waals surface area contributed by atoms with Gasteiger partial charge in [-0.05, 0) is 27.7 Å². The van der Waals surface area contributed by atoms with Gasteiger partial charge in [0.2, 0.25) is 0 Å². The van der Waals surface area contributed by atoms with Crippen LogP contribution in [-0.4, -0.2) is 99.7 Å². The third-order valence-corrected chi connectivity index (χ3v) is 5.67. The second-order valence-electron chi connectivity index (χ2n) is 8.42. The van der Waals surface area contributed by atoms with E-state index in [9.17, 15) is 19.2 Å². The molecule has 0 radical (unpaired) electrons. The van der Waals surface area contributed by atoms with Gasteiger partial charge in [0.1, 0.15) is 17.7 Å². The van der Waals surface area contributed by atoms with E-state index in [0.29, 0.717) is 13.2 Å². The minimum Gasteiger partial charge on any atom is -0.371 e. The van der Waals surface area contributed by atoms with Gasteiger partial charge in [-0.25, -0.2) is 9.59 Å². The zero-order chi connectivity index (χ0) is 19.7. The molecule has 4 heterocycles. The highest BCUT2D eigenvalue weighted by Gasteiger charge is 2.58. The molecule has 0 aliphatic carbocycles. The highest BCUT2D eigenvalue weighted by Crippen LogP contribution is 2.34. The van der Waals surface area contributed by atoms with Gasteiger partial charge in [-0.1, -0.05) is 0 Å². The van der Waals surface area contributed by atoms with E-state index in [4.69, 9.17) is 9.47 Å². The Labute approximate surface area is 156 Å². The van der Waals surface area contributed by atoms with E-state index >= 15 is 0 Å². The molecule has 0 unspecified atom stereocenters. The molecule has 27 heavy (non-hydrogen) atoms. The number of imide groups is 2. The Kier molecular flexibility index (Phi) is 3.80. The van der Waals surface area contributed by atoms with Crippen molar-refractivity contribution in [3.05, 3.63) is 0 Å². The summed E-state index contributed by atoms with van der Waals surface area (Å²) in [5.74, 6) is -0.663. The summed E-state index contributed by atoms with van der Waals surface area (Å²) < 4.78 is 10.3. The minimum atomic E-state index is -1.11. The molecule has 0 aromatic carbocycles. The van der Waals surface area contributed by atoms with Crippen molar-refractivity contribution in [1.82, 2.24) is 19.6 Å². The van der Waals surface area contributed by atoms with Crippen molar-refractivity contribution in [2.75, 3.05) is 33.0 Å². The Morgan fingerprint density at radius 1 is 0.778 bits per heavy atom. The first kappa shape index (κ1) is 18.2. The maximum atomic E-state index is 12.9. The lowest BCUT2D eigenvalue weighted by Crippen LogP contribution is -2.55. The lowest BCUT2D eigenvalue weighted by molar-refractivity contribution is -0.133. The van der Waals surface area contributed by atoms with Gasteiger partial charge in [-0.2, -0.15) is 0 Å². The standard InChI is InChI=1S/C17H24N4O6/c1-16(2)12(22)18(5-10-7-26-10)14(24)20(16)9-21-15(25)19(6-11-8-27-11)13(23)17(21,3)4/h10-11H,5-9H2,1-4H3/t10-,11-/m0/s1. The van der Waals surface area contributed by atoms with Gasteiger partial charge < -0.3 is 9.47 Å². The van der Waals surface area contributed by atoms with Crippen LogP contribution in [-0.2, 0) is 19.1 Å². The molecular weight excluding hydrogens is 356 g/mol. The number of hydrogen-bond acceptors (Lipinski definition) is 6. The lowest BCUT2D eigenvalue weighted by Gasteiger charge is -2.36. The number of urea groups is 2.